The van der Waals surface area contributed by atoms with Crippen LogP contribution in [0.1, 0.15) is 36.9 Å². The van der Waals surface area contributed by atoms with Crippen molar-refractivity contribution in [3.05, 3.63) is 29.3 Å². The van der Waals surface area contributed by atoms with Crippen molar-refractivity contribution in [1.29, 1.82) is 0 Å². The molecule has 2 rings (SSSR count). The summed E-state index contributed by atoms with van der Waals surface area (Å²) < 4.78 is 5.42. The van der Waals surface area contributed by atoms with Gasteiger partial charge in [0, 0.05) is 24.1 Å². The molecule has 1 heterocycles. The van der Waals surface area contributed by atoms with Gasteiger partial charge in [-0.1, -0.05) is 26.0 Å². The van der Waals surface area contributed by atoms with Crippen molar-refractivity contribution in [3.8, 4) is 5.75 Å². The first kappa shape index (κ1) is 12.8. The van der Waals surface area contributed by atoms with Crippen LogP contribution in [0.5, 0.6) is 5.75 Å². The lowest BCUT2D eigenvalue weighted by Crippen LogP contribution is -2.30. The van der Waals surface area contributed by atoms with E-state index in [-0.39, 0.29) is 0 Å². The van der Waals surface area contributed by atoms with Gasteiger partial charge in [0.05, 0.1) is 7.11 Å². The van der Waals surface area contributed by atoms with E-state index < -0.39 is 0 Å². The molecular formula is C14H21NOS. The smallest absolute Gasteiger partial charge is 0.122 e. The average Bonchev–Trinajstić information content (AvgIpc) is 2.39. The Labute approximate surface area is 108 Å². The highest BCUT2D eigenvalue weighted by atomic mass is 32.2. The summed E-state index contributed by atoms with van der Waals surface area (Å²) in [6, 6.07) is 7.09. The third-order valence-electron chi connectivity index (χ3n) is 3.20. The topological polar surface area (TPSA) is 21.3 Å². The van der Waals surface area contributed by atoms with Crippen LogP contribution >= 0.6 is 11.8 Å². The first-order chi connectivity index (χ1) is 8.22. The lowest BCUT2D eigenvalue weighted by Gasteiger charge is -2.25. The quantitative estimate of drug-likeness (QED) is 0.891. The fraction of sp³-hybridized carbons (Fsp3) is 0.571. The number of thioether (sulfide) groups is 1. The fourth-order valence-electron chi connectivity index (χ4n) is 2.20. The van der Waals surface area contributed by atoms with Gasteiger partial charge in [-0.3, -0.25) is 0 Å². The summed E-state index contributed by atoms with van der Waals surface area (Å²) >= 11 is 2.03. The molecule has 17 heavy (non-hydrogen) atoms. The molecule has 0 aliphatic carbocycles. The molecule has 1 atom stereocenters. The monoisotopic (exact) mass is 251 g/mol. The average molecular weight is 251 g/mol. The van der Waals surface area contributed by atoms with Gasteiger partial charge in [-0.2, -0.15) is 11.8 Å². The fourth-order valence-corrected chi connectivity index (χ4v) is 3.18. The molecule has 0 bridgehead atoms. The van der Waals surface area contributed by atoms with E-state index in [1.165, 1.54) is 22.6 Å². The molecule has 2 nitrogen and oxygen atoms in total. The predicted octanol–water partition coefficient (Wildman–Crippen LogP) is 3.20. The third-order valence-corrected chi connectivity index (χ3v) is 4.26. The molecule has 94 valence electrons. The first-order valence-corrected chi connectivity index (χ1v) is 7.36. The van der Waals surface area contributed by atoms with Gasteiger partial charge in [-0.05, 0) is 23.1 Å². The van der Waals surface area contributed by atoms with Gasteiger partial charge in [0.2, 0.25) is 0 Å². The van der Waals surface area contributed by atoms with Crippen LogP contribution in [0.15, 0.2) is 18.2 Å². The maximum Gasteiger partial charge on any atom is 0.122 e. The summed E-state index contributed by atoms with van der Waals surface area (Å²) in [4.78, 5) is 0. The van der Waals surface area contributed by atoms with Gasteiger partial charge in [-0.25, -0.2) is 0 Å². The Hall–Kier alpha value is -0.670. The number of ether oxygens (including phenoxy) is 1. The summed E-state index contributed by atoms with van der Waals surface area (Å²) in [7, 11) is 1.75. The normalized spacial score (nSPS) is 20.6. The Kier molecular flexibility index (Phi) is 4.35. The standard InChI is InChI=1S/C14H21NOS/c1-10(2)12-8-11(4-5-14(12)16-3)13-9-17-7-6-15-13/h4-5,8,10,13,15H,6-7,9H2,1-3H3. The van der Waals surface area contributed by atoms with Crippen LogP contribution in [0.4, 0.5) is 0 Å². The number of benzene rings is 1. The minimum atomic E-state index is 0.497. The molecule has 1 aromatic carbocycles. The molecule has 0 spiro atoms. The third kappa shape index (κ3) is 2.96. The van der Waals surface area contributed by atoms with Gasteiger partial charge in [0.25, 0.3) is 0 Å². The van der Waals surface area contributed by atoms with Crippen molar-refractivity contribution in [2.24, 2.45) is 0 Å². The van der Waals surface area contributed by atoms with Gasteiger partial charge in [0.1, 0.15) is 5.75 Å². The zero-order valence-electron chi connectivity index (χ0n) is 10.8. The van der Waals surface area contributed by atoms with Crippen LogP contribution in [-0.2, 0) is 0 Å². The molecular weight excluding hydrogens is 230 g/mol. The van der Waals surface area contributed by atoms with Crippen LogP contribution in [0.2, 0.25) is 0 Å². The highest BCUT2D eigenvalue weighted by molar-refractivity contribution is 7.99. The molecule has 0 aromatic heterocycles. The Morgan fingerprint density at radius 3 is 2.82 bits per heavy atom. The van der Waals surface area contributed by atoms with Crippen LogP contribution in [-0.4, -0.2) is 25.2 Å². The van der Waals surface area contributed by atoms with E-state index >= 15 is 0 Å². The van der Waals surface area contributed by atoms with E-state index in [2.05, 4.69) is 37.4 Å². The Balaban J connectivity index is 2.26. The largest absolute Gasteiger partial charge is 0.496 e. The van der Waals surface area contributed by atoms with Crippen LogP contribution in [0.3, 0.4) is 0 Å². The molecule has 1 aromatic rings. The minimum absolute atomic E-state index is 0.497. The van der Waals surface area contributed by atoms with E-state index in [0.29, 0.717) is 12.0 Å². The summed E-state index contributed by atoms with van der Waals surface area (Å²) in [6.45, 7) is 5.54. The van der Waals surface area contributed by atoms with E-state index in [0.717, 1.165) is 12.3 Å². The summed E-state index contributed by atoms with van der Waals surface area (Å²) in [5, 5.41) is 3.58. The molecule has 0 radical (unpaired) electrons. The van der Waals surface area contributed by atoms with E-state index in [4.69, 9.17) is 4.74 Å². The van der Waals surface area contributed by atoms with Crippen molar-refractivity contribution < 1.29 is 4.74 Å². The number of hydrogen-bond donors (Lipinski definition) is 1. The molecule has 1 unspecified atom stereocenters. The minimum Gasteiger partial charge on any atom is -0.496 e. The molecule has 1 aliphatic rings. The number of nitrogens with one attached hydrogen (secondary N) is 1. The van der Waals surface area contributed by atoms with Gasteiger partial charge in [0.15, 0.2) is 0 Å². The molecule has 1 aliphatic heterocycles. The lowest BCUT2D eigenvalue weighted by atomic mass is 9.97. The molecule has 0 saturated carbocycles. The van der Waals surface area contributed by atoms with Crippen molar-refractivity contribution in [2.45, 2.75) is 25.8 Å². The van der Waals surface area contributed by atoms with Gasteiger partial charge >= 0.3 is 0 Å². The van der Waals surface area contributed by atoms with Crippen molar-refractivity contribution >= 4 is 11.8 Å². The van der Waals surface area contributed by atoms with Gasteiger partial charge < -0.3 is 10.1 Å². The van der Waals surface area contributed by atoms with Crippen LogP contribution < -0.4 is 10.1 Å². The first-order valence-electron chi connectivity index (χ1n) is 6.21. The van der Waals surface area contributed by atoms with Crippen LogP contribution in [0.25, 0.3) is 0 Å². The second-order valence-corrected chi connectivity index (χ2v) is 5.89. The molecule has 1 saturated heterocycles. The van der Waals surface area contributed by atoms with Gasteiger partial charge in [-0.15, -0.1) is 0 Å². The second-order valence-electron chi connectivity index (χ2n) is 4.74. The molecule has 0 amide bonds. The Morgan fingerprint density at radius 1 is 1.41 bits per heavy atom. The van der Waals surface area contributed by atoms with Crippen LogP contribution in [0, 0.1) is 0 Å². The zero-order valence-corrected chi connectivity index (χ0v) is 11.6. The molecule has 3 heteroatoms. The predicted molar refractivity (Wildman–Crippen MR) is 75.2 cm³/mol. The zero-order chi connectivity index (χ0) is 12.3. The van der Waals surface area contributed by atoms with Crippen molar-refractivity contribution in [1.82, 2.24) is 5.32 Å². The van der Waals surface area contributed by atoms with E-state index in [1.54, 1.807) is 7.11 Å². The Bertz CT molecular complexity index is 372. The maximum absolute atomic E-state index is 5.42. The highest BCUT2D eigenvalue weighted by Crippen LogP contribution is 2.31. The second kappa shape index (κ2) is 5.78. The molecule has 1 fully saturated rings. The van der Waals surface area contributed by atoms with Crippen molar-refractivity contribution in [2.75, 3.05) is 25.2 Å². The number of methoxy groups -OCH3 is 1. The summed E-state index contributed by atoms with van der Waals surface area (Å²) in [5.74, 6) is 3.90. The van der Waals surface area contributed by atoms with E-state index in [9.17, 15) is 0 Å². The molecule has 1 N–H and O–H groups in total. The number of hydrogen-bond acceptors (Lipinski definition) is 3. The highest BCUT2D eigenvalue weighted by Gasteiger charge is 2.17. The maximum atomic E-state index is 5.42. The van der Waals surface area contributed by atoms with Crippen molar-refractivity contribution in [3.63, 3.8) is 0 Å². The Morgan fingerprint density at radius 2 is 2.24 bits per heavy atom. The van der Waals surface area contributed by atoms with E-state index in [1.807, 2.05) is 11.8 Å². The summed E-state index contributed by atoms with van der Waals surface area (Å²) in [5.41, 5.74) is 2.70. The number of rotatable bonds is 3. The SMILES string of the molecule is COc1ccc(C2CSCCN2)cc1C(C)C. The summed E-state index contributed by atoms with van der Waals surface area (Å²) in [6.07, 6.45) is 0. The lowest BCUT2D eigenvalue weighted by molar-refractivity contribution is 0.407.